The molecule has 0 bridgehead atoms. The van der Waals surface area contributed by atoms with Crippen molar-refractivity contribution in [2.75, 3.05) is 18.2 Å². The van der Waals surface area contributed by atoms with E-state index in [1.165, 1.54) is 33.7 Å². The predicted octanol–water partition coefficient (Wildman–Crippen LogP) is 9.03. The number of ketones is 1. The first-order chi connectivity index (χ1) is 21.6. The molecule has 6 nitrogen and oxygen atoms in total. The minimum absolute atomic E-state index is 0.188. The largest absolute Gasteiger partial charge is 0.496 e. The van der Waals surface area contributed by atoms with Gasteiger partial charge in [0, 0.05) is 34.7 Å². The van der Waals surface area contributed by atoms with E-state index in [1.807, 2.05) is 25.1 Å². The Kier molecular flexibility index (Phi) is 8.65. The third-order valence-electron chi connectivity index (χ3n) is 7.57. The lowest BCUT2D eigenvalue weighted by Crippen LogP contribution is -2.25. The first kappa shape index (κ1) is 30.8. The number of ether oxygens (including phenoxy) is 2. The average Bonchev–Trinajstić information content (AvgIpc) is 3.56. The number of alkyl halides is 3. The van der Waals surface area contributed by atoms with Gasteiger partial charge in [0.25, 0.3) is 0 Å². The first-order valence-electron chi connectivity index (χ1n) is 14.1. The van der Waals surface area contributed by atoms with Gasteiger partial charge in [0.15, 0.2) is 5.78 Å². The van der Waals surface area contributed by atoms with Gasteiger partial charge in [-0.3, -0.25) is 14.6 Å². The van der Waals surface area contributed by atoms with E-state index >= 15 is 0 Å². The second-order valence-corrected chi connectivity index (χ2v) is 13.3. The highest BCUT2D eigenvalue weighted by atomic mass is 33.1. The molecule has 2 heterocycles. The molecule has 5 aromatic rings. The molecule has 6 rings (SSSR count). The predicted molar refractivity (Wildman–Crippen MR) is 174 cm³/mol. The molecule has 0 radical (unpaired) electrons. The normalized spacial score (nSPS) is 14.9. The van der Waals surface area contributed by atoms with Crippen molar-refractivity contribution in [3.8, 4) is 17.2 Å². The summed E-state index contributed by atoms with van der Waals surface area (Å²) in [5, 5.41) is 4.07. The standard InChI is InChI=1S/C34H27F3N2O4S2/c1-19-15-27-24(18-31(19)42-2)30(11-13-38-27)43-29-8-4-5-21-22(6-3-7-23(21)29)28(40)17-20-9-10-26(25(16-20)34(35,36)37)39-33(41)32-12-14-44-45-32/h3-11,13,15-16,18,32H,12,14,17H2,1-2H3,(H,39,41). The van der Waals surface area contributed by atoms with Gasteiger partial charge in [0.05, 0.1) is 29.1 Å². The van der Waals surface area contributed by atoms with Crippen molar-refractivity contribution >= 4 is 60.6 Å². The Labute approximate surface area is 265 Å². The number of amides is 1. The molecule has 4 aromatic carbocycles. The molecule has 0 spiro atoms. The minimum Gasteiger partial charge on any atom is -0.496 e. The van der Waals surface area contributed by atoms with Gasteiger partial charge in [-0.25, -0.2) is 0 Å². The van der Waals surface area contributed by atoms with Crippen LogP contribution in [0.4, 0.5) is 18.9 Å². The van der Waals surface area contributed by atoms with Crippen LogP contribution < -0.4 is 14.8 Å². The Morgan fingerprint density at radius 3 is 2.49 bits per heavy atom. The number of halogens is 3. The van der Waals surface area contributed by atoms with Gasteiger partial charge < -0.3 is 14.8 Å². The Hall–Kier alpha value is -4.22. The number of anilines is 1. The Bertz CT molecular complexity index is 1940. The molecule has 1 amide bonds. The number of nitrogens with one attached hydrogen (secondary N) is 1. The van der Waals surface area contributed by atoms with Crippen LogP contribution in [-0.4, -0.2) is 34.8 Å². The van der Waals surface area contributed by atoms with Crippen LogP contribution in [0.2, 0.25) is 0 Å². The zero-order chi connectivity index (χ0) is 31.7. The Morgan fingerprint density at radius 2 is 1.73 bits per heavy atom. The second-order valence-electron chi connectivity index (χ2n) is 10.6. The molecule has 1 unspecified atom stereocenters. The number of nitrogens with zero attached hydrogens (tertiary/aromatic N) is 1. The summed E-state index contributed by atoms with van der Waals surface area (Å²) in [6.07, 6.45) is -2.72. The van der Waals surface area contributed by atoms with Crippen molar-refractivity contribution in [2.45, 2.75) is 31.2 Å². The van der Waals surface area contributed by atoms with E-state index in [-0.39, 0.29) is 23.5 Å². The van der Waals surface area contributed by atoms with Crippen LogP contribution in [0.15, 0.2) is 79.0 Å². The van der Waals surface area contributed by atoms with E-state index in [4.69, 9.17) is 9.47 Å². The van der Waals surface area contributed by atoms with Gasteiger partial charge in [0.1, 0.15) is 17.2 Å². The minimum atomic E-state index is -4.72. The van der Waals surface area contributed by atoms with E-state index in [9.17, 15) is 22.8 Å². The number of rotatable bonds is 8. The summed E-state index contributed by atoms with van der Waals surface area (Å²) < 4.78 is 54.0. The van der Waals surface area contributed by atoms with Crippen LogP contribution in [0.3, 0.4) is 0 Å². The summed E-state index contributed by atoms with van der Waals surface area (Å²) >= 11 is 0. The highest BCUT2D eigenvalue weighted by molar-refractivity contribution is 8.77. The van der Waals surface area contributed by atoms with E-state index in [2.05, 4.69) is 10.3 Å². The maximum Gasteiger partial charge on any atom is 0.418 e. The van der Waals surface area contributed by atoms with Crippen LogP contribution in [0, 0.1) is 6.92 Å². The summed E-state index contributed by atoms with van der Waals surface area (Å²) in [6, 6.07) is 19.7. The van der Waals surface area contributed by atoms with E-state index in [1.54, 1.807) is 49.7 Å². The number of carbonyl (C=O) groups excluding carboxylic acids is 2. The molecule has 1 N–H and O–H groups in total. The number of Topliss-reactive ketones (excluding diaryl/α,β-unsaturated/α-hetero) is 1. The number of benzene rings is 4. The maximum absolute atomic E-state index is 14.0. The summed E-state index contributed by atoms with van der Waals surface area (Å²) in [4.78, 5) is 30.5. The molecular weight excluding hydrogens is 622 g/mol. The van der Waals surface area contributed by atoms with Crippen molar-refractivity contribution in [2.24, 2.45) is 0 Å². The van der Waals surface area contributed by atoms with Gasteiger partial charge in [-0.15, -0.1) is 0 Å². The summed E-state index contributed by atoms with van der Waals surface area (Å²) in [6.45, 7) is 1.93. The number of hydrogen-bond donors (Lipinski definition) is 1. The molecule has 1 fully saturated rings. The third-order valence-corrected chi connectivity index (χ3v) is 10.4. The lowest BCUT2D eigenvalue weighted by molar-refractivity contribution is -0.137. The zero-order valence-electron chi connectivity index (χ0n) is 24.2. The zero-order valence-corrected chi connectivity index (χ0v) is 25.9. The fourth-order valence-electron chi connectivity index (χ4n) is 5.34. The Morgan fingerprint density at radius 1 is 0.956 bits per heavy atom. The number of methoxy groups -OCH3 is 1. The average molecular weight is 649 g/mol. The molecule has 1 aliphatic rings. The van der Waals surface area contributed by atoms with Crippen LogP contribution in [-0.2, 0) is 17.4 Å². The van der Waals surface area contributed by atoms with Gasteiger partial charge in [-0.2, -0.15) is 13.2 Å². The molecule has 0 saturated carbocycles. The van der Waals surface area contributed by atoms with Crippen molar-refractivity contribution in [3.63, 3.8) is 0 Å². The topological polar surface area (TPSA) is 77.5 Å². The van der Waals surface area contributed by atoms with Crippen LogP contribution in [0.1, 0.15) is 33.5 Å². The highest BCUT2D eigenvalue weighted by Gasteiger charge is 2.35. The van der Waals surface area contributed by atoms with Crippen LogP contribution in [0.5, 0.6) is 17.2 Å². The van der Waals surface area contributed by atoms with Gasteiger partial charge >= 0.3 is 6.18 Å². The fraction of sp³-hybridized carbons (Fsp3) is 0.206. The van der Waals surface area contributed by atoms with Gasteiger partial charge in [-0.1, -0.05) is 58.0 Å². The Balaban J connectivity index is 1.29. The monoisotopic (exact) mass is 648 g/mol. The molecular formula is C34H27F3N2O4S2. The SMILES string of the molecule is COc1cc2c(Oc3cccc4c(C(=O)Cc5ccc(NC(=O)C6CCSS6)c(C(F)(F)F)c5)cccc34)ccnc2cc1C. The molecule has 1 saturated heterocycles. The molecule has 11 heteroatoms. The van der Waals surface area contributed by atoms with Crippen molar-refractivity contribution in [1.82, 2.24) is 4.98 Å². The van der Waals surface area contributed by atoms with Crippen molar-refractivity contribution in [1.29, 1.82) is 0 Å². The molecule has 230 valence electrons. The van der Waals surface area contributed by atoms with Crippen LogP contribution in [0.25, 0.3) is 21.7 Å². The fourth-order valence-corrected chi connectivity index (χ4v) is 8.06. The lowest BCUT2D eigenvalue weighted by Gasteiger charge is -2.17. The second kappa shape index (κ2) is 12.6. The third kappa shape index (κ3) is 6.46. The number of carbonyl (C=O) groups is 2. The molecule has 1 aliphatic heterocycles. The first-order valence-corrected chi connectivity index (χ1v) is 16.5. The summed E-state index contributed by atoms with van der Waals surface area (Å²) in [5.41, 5.74) is 0.921. The number of aromatic nitrogens is 1. The molecule has 45 heavy (non-hydrogen) atoms. The molecule has 1 aromatic heterocycles. The summed E-state index contributed by atoms with van der Waals surface area (Å²) in [5.74, 6) is 1.72. The van der Waals surface area contributed by atoms with Gasteiger partial charge in [0.2, 0.25) is 5.91 Å². The van der Waals surface area contributed by atoms with Crippen molar-refractivity contribution < 1.29 is 32.2 Å². The molecule has 0 aliphatic carbocycles. The van der Waals surface area contributed by atoms with Crippen LogP contribution >= 0.6 is 21.6 Å². The number of fused-ring (bicyclic) bond motifs is 2. The number of hydrogen-bond acceptors (Lipinski definition) is 7. The number of aryl methyl sites for hydroxylation is 1. The van der Waals surface area contributed by atoms with Crippen molar-refractivity contribution in [3.05, 3.63) is 101 Å². The highest BCUT2D eigenvalue weighted by Crippen LogP contribution is 2.40. The van der Waals surface area contributed by atoms with Gasteiger partial charge in [-0.05, 0) is 66.3 Å². The van der Waals surface area contributed by atoms with E-state index < -0.39 is 22.9 Å². The van der Waals surface area contributed by atoms with E-state index in [0.29, 0.717) is 40.0 Å². The summed E-state index contributed by atoms with van der Waals surface area (Å²) in [7, 11) is 4.48. The quantitative estimate of drug-likeness (QED) is 0.133. The maximum atomic E-state index is 14.0. The smallest absolute Gasteiger partial charge is 0.418 e. The van der Waals surface area contributed by atoms with E-state index in [0.717, 1.165) is 28.3 Å². The number of pyridine rings is 1. The lowest BCUT2D eigenvalue weighted by atomic mass is 9.96. The molecule has 1 atom stereocenters.